The molecule has 0 aliphatic heterocycles. The van der Waals surface area contributed by atoms with Crippen molar-refractivity contribution in [1.82, 2.24) is 0 Å². The second-order valence-electron chi connectivity index (χ2n) is 0. The van der Waals surface area contributed by atoms with Crippen molar-refractivity contribution in [3.05, 3.63) is 19.7 Å². The fourth-order valence-corrected chi connectivity index (χ4v) is 0. The van der Waals surface area contributed by atoms with Gasteiger partial charge in [0, 0.05) is 17.1 Å². The second kappa shape index (κ2) is 275. The third kappa shape index (κ3) is 190. The van der Waals surface area contributed by atoms with Crippen LogP contribution >= 0.6 is 0 Å². The quantitative estimate of drug-likeness (QED) is 0.237. The summed E-state index contributed by atoms with van der Waals surface area (Å²) in [7, 11) is 0. The average Bonchev–Trinajstić information content (AvgIpc) is 1.50. The summed E-state index contributed by atoms with van der Waals surface area (Å²) in [5.74, 6) is 0. The summed E-state index contributed by atoms with van der Waals surface area (Å²) in [5, 5.41) is 6.25. The van der Waals surface area contributed by atoms with Gasteiger partial charge in [-0.05, 0) is 0 Å². The fraction of sp³-hybridized carbons (Fsp3) is 0. The zero-order chi connectivity index (χ0) is 4.00. The Morgan fingerprint density at radius 3 is 1.14 bits per heavy atom. The van der Waals surface area contributed by atoms with E-state index in [0.717, 1.165) is 0 Å². The first kappa shape index (κ1) is 44.2. The standard InChI is InChI=1S/C2H3.CN.Cu.2Li/c2*1-2;;;/h1H,2H2;;;;/q2*-1;;2*+1. The monoisotopic (exact) mass is 130 g/mol. The molecule has 0 aromatic carbocycles. The van der Waals surface area contributed by atoms with Crippen LogP contribution in [0.1, 0.15) is 0 Å². The van der Waals surface area contributed by atoms with Gasteiger partial charge in [0.1, 0.15) is 0 Å². The van der Waals surface area contributed by atoms with Gasteiger partial charge in [-0.3, -0.25) is 6.58 Å². The van der Waals surface area contributed by atoms with E-state index in [-0.39, 0.29) is 54.8 Å². The summed E-state index contributed by atoms with van der Waals surface area (Å²) in [6.45, 7) is 11.8. The summed E-state index contributed by atoms with van der Waals surface area (Å²) in [5.41, 5.74) is 0. The van der Waals surface area contributed by atoms with Gasteiger partial charge < -0.3 is 18.4 Å². The summed E-state index contributed by atoms with van der Waals surface area (Å²) >= 11 is 0. The molecule has 1 nitrogen and oxygen atoms in total. The third-order valence-corrected chi connectivity index (χ3v) is 0. The van der Waals surface area contributed by atoms with Gasteiger partial charge in [0.25, 0.3) is 0 Å². The summed E-state index contributed by atoms with van der Waals surface area (Å²) in [6.07, 6.45) is 0. The molecular formula is C3H3CuLi2N. The smallest absolute Gasteiger partial charge is 0.521 e. The zero-order valence-corrected chi connectivity index (χ0v) is 5.47. The Hall–Kier alpha value is 0.944. The van der Waals surface area contributed by atoms with Crippen LogP contribution in [0.15, 0.2) is 6.58 Å². The zero-order valence-electron chi connectivity index (χ0n) is 4.53. The molecule has 0 rings (SSSR count). The molecule has 33 valence electrons. The predicted octanol–water partition coefficient (Wildman–Crippen LogP) is -5.29. The maximum atomic E-state index is 6.25. The van der Waals surface area contributed by atoms with E-state index in [0.29, 0.717) is 0 Å². The van der Waals surface area contributed by atoms with Gasteiger partial charge in [-0.1, -0.05) is 0 Å². The van der Waals surface area contributed by atoms with Crippen molar-refractivity contribution in [3.8, 4) is 0 Å². The van der Waals surface area contributed by atoms with E-state index in [2.05, 4.69) is 13.2 Å². The van der Waals surface area contributed by atoms with Crippen LogP contribution in [0.2, 0.25) is 0 Å². The molecule has 0 bridgehead atoms. The number of nitrogens with zero attached hydrogens (tertiary/aromatic N) is 1. The molecule has 4 heteroatoms. The normalized spacial score (nSPS) is 0.857. The molecule has 0 atom stereocenters. The molecule has 7 heavy (non-hydrogen) atoms. The molecule has 0 aromatic heterocycles. The van der Waals surface area contributed by atoms with Crippen LogP contribution in [-0.4, -0.2) is 0 Å². The van der Waals surface area contributed by atoms with Crippen molar-refractivity contribution in [2.45, 2.75) is 0 Å². The van der Waals surface area contributed by atoms with Crippen LogP contribution in [0.25, 0.3) is 0 Å². The SMILES string of the molecule is [C-]#N.[CH-]=C.[Cu].[Li+].[Li+]. The number of rotatable bonds is 0. The van der Waals surface area contributed by atoms with E-state index in [4.69, 9.17) is 11.8 Å². The summed E-state index contributed by atoms with van der Waals surface area (Å²) < 4.78 is 0. The van der Waals surface area contributed by atoms with Gasteiger partial charge >= 0.3 is 37.7 Å². The average molecular weight is 130 g/mol. The van der Waals surface area contributed by atoms with Crippen molar-refractivity contribution >= 4 is 0 Å². The van der Waals surface area contributed by atoms with Crippen molar-refractivity contribution in [2.75, 3.05) is 0 Å². The Morgan fingerprint density at radius 2 is 1.14 bits per heavy atom. The Kier molecular flexibility index (Phi) is 1740. The molecule has 0 fully saturated rings. The van der Waals surface area contributed by atoms with E-state index < -0.39 is 0 Å². The first-order chi connectivity index (χ1) is 2.00. The molecule has 1 radical (unpaired) electrons. The van der Waals surface area contributed by atoms with E-state index in [1.807, 2.05) is 0 Å². The Bertz CT molecular complexity index is 24.1. The van der Waals surface area contributed by atoms with Crippen LogP contribution in [0.5, 0.6) is 0 Å². The van der Waals surface area contributed by atoms with Crippen LogP contribution in [0.4, 0.5) is 0 Å². The van der Waals surface area contributed by atoms with Gasteiger partial charge in [-0.2, -0.15) is 0 Å². The second-order valence-corrected chi connectivity index (χ2v) is 0. The van der Waals surface area contributed by atoms with E-state index in [1.165, 1.54) is 0 Å². The molecule has 0 amide bonds. The van der Waals surface area contributed by atoms with Gasteiger partial charge in [0.05, 0.1) is 0 Å². The van der Waals surface area contributed by atoms with Crippen molar-refractivity contribution in [1.29, 1.82) is 5.26 Å². The van der Waals surface area contributed by atoms with Gasteiger partial charge in [0.2, 0.25) is 0 Å². The Morgan fingerprint density at radius 1 is 1.14 bits per heavy atom. The minimum absolute atomic E-state index is 0. The van der Waals surface area contributed by atoms with Crippen molar-refractivity contribution < 1.29 is 54.8 Å². The molecular weight excluding hydrogens is 127 g/mol. The van der Waals surface area contributed by atoms with E-state index >= 15 is 0 Å². The molecule has 0 aromatic rings. The number of hydrogen-bond acceptors (Lipinski definition) is 1. The molecule has 0 aliphatic carbocycles. The molecule has 0 N–H and O–H groups in total. The predicted molar refractivity (Wildman–Crippen MR) is 14.9 cm³/mol. The molecule has 0 aliphatic rings. The van der Waals surface area contributed by atoms with E-state index in [1.54, 1.807) is 0 Å². The first-order valence-corrected chi connectivity index (χ1v) is 0.632. The maximum absolute atomic E-state index is 6.25. The van der Waals surface area contributed by atoms with Crippen LogP contribution in [0, 0.1) is 18.4 Å². The molecule has 0 saturated carbocycles. The Labute approximate surface area is 79.4 Å². The van der Waals surface area contributed by atoms with Gasteiger partial charge in [-0.25, -0.2) is 0 Å². The van der Waals surface area contributed by atoms with Crippen molar-refractivity contribution in [2.24, 2.45) is 0 Å². The minimum atomic E-state index is 0. The van der Waals surface area contributed by atoms with Crippen LogP contribution in [0.3, 0.4) is 0 Å². The summed E-state index contributed by atoms with van der Waals surface area (Å²) in [4.78, 5) is 0. The third-order valence-electron chi connectivity index (χ3n) is 0. The molecule has 0 spiro atoms. The minimum Gasteiger partial charge on any atom is -0.521 e. The van der Waals surface area contributed by atoms with Crippen LogP contribution < -0.4 is 37.7 Å². The molecule has 0 unspecified atom stereocenters. The molecule has 0 saturated heterocycles. The summed E-state index contributed by atoms with van der Waals surface area (Å²) in [6, 6.07) is 0. The van der Waals surface area contributed by atoms with Gasteiger partial charge in [0.15, 0.2) is 0 Å². The fourth-order valence-electron chi connectivity index (χ4n) is 0. The van der Waals surface area contributed by atoms with Crippen molar-refractivity contribution in [3.63, 3.8) is 0 Å². The van der Waals surface area contributed by atoms with Gasteiger partial charge in [-0.15, -0.1) is 0 Å². The first-order valence-electron chi connectivity index (χ1n) is 0.632. The topological polar surface area (TPSA) is 23.8 Å². The Balaban J connectivity index is -0.00000000267. The molecule has 0 heterocycles. The largest absolute Gasteiger partial charge is 1.00 e. The maximum Gasteiger partial charge on any atom is 1.00 e. The number of hydrogen-bond donors (Lipinski definition) is 0. The van der Waals surface area contributed by atoms with Crippen LogP contribution in [-0.2, 0) is 17.1 Å². The van der Waals surface area contributed by atoms with E-state index in [9.17, 15) is 0 Å².